The van der Waals surface area contributed by atoms with E-state index in [0.717, 1.165) is 34.3 Å². The van der Waals surface area contributed by atoms with E-state index in [0.29, 0.717) is 17.9 Å². The topological polar surface area (TPSA) is 84.1 Å². The minimum Gasteiger partial charge on any atom is -0.383 e. The molecule has 1 unspecified atom stereocenters. The monoisotopic (exact) mass is 423 g/mol. The van der Waals surface area contributed by atoms with Gasteiger partial charge in [0, 0.05) is 30.7 Å². The van der Waals surface area contributed by atoms with Gasteiger partial charge in [-0.2, -0.15) is 0 Å². The molecule has 0 fully saturated rings. The number of aryl methyl sites for hydroxylation is 1. The summed E-state index contributed by atoms with van der Waals surface area (Å²) in [5.41, 5.74) is 11.8. The molecule has 6 heteroatoms. The quantitative estimate of drug-likeness (QED) is 0.507. The smallest absolute Gasteiger partial charge is 0.254 e. The SMILES string of the molecule is CNc1ccc(C2Cc3ccccc3CN2C(=O)c2ccc3nc(N)c(C)cc3c2)cn1. The van der Waals surface area contributed by atoms with Crippen molar-refractivity contribution in [3.05, 3.63) is 94.7 Å². The van der Waals surface area contributed by atoms with Crippen LogP contribution in [0.25, 0.3) is 10.9 Å². The lowest BCUT2D eigenvalue weighted by atomic mass is 9.90. The lowest BCUT2D eigenvalue weighted by Gasteiger charge is -2.37. The first-order valence-corrected chi connectivity index (χ1v) is 10.7. The zero-order valence-corrected chi connectivity index (χ0v) is 18.2. The van der Waals surface area contributed by atoms with E-state index in [4.69, 9.17) is 5.73 Å². The Morgan fingerprint density at radius 1 is 1.09 bits per heavy atom. The first-order chi connectivity index (χ1) is 15.5. The van der Waals surface area contributed by atoms with Crippen LogP contribution >= 0.6 is 0 Å². The number of hydrogen-bond acceptors (Lipinski definition) is 5. The molecular formula is C26H25N5O. The van der Waals surface area contributed by atoms with Gasteiger partial charge in [-0.3, -0.25) is 4.79 Å². The van der Waals surface area contributed by atoms with Crippen LogP contribution in [0.2, 0.25) is 0 Å². The standard InChI is InChI=1S/C26H25N5O/c1-16-11-21-12-18(7-9-22(21)30-25(16)27)26(32)31-15-20-6-4-3-5-17(20)13-23(31)19-8-10-24(28-2)29-14-19/h3-12,14,23H,13,15H2,1-2H3,(H2,27,30)(H,28,29). The minimum absolute atomic E-state index is 0.00132. The lowest BCUT2D eigenvalue weighted by molar-refractivity contribution is 0.0638. The van der Waals surface area contributed by atoms with Crippen LogP contribution in [-0.2, 0) is 13.0 Å². The highest BCUT2D eigenvalue weighted by atomic mass is 16.2. The Morgan fingerprint density at radius 2 is 1.91 bits per heavy atom. The number of benzene rings is 2. The van der Waals surface area contributed by atoms with Crippen LogP contribution in [0.4, 0.5) is 11.6 Å². The van der Waals surface area contributed by atoms with Gasteiger partial charge in [0.1, 0.15) is 11.6 Å². The number of nitrogens with zero attached hydrogens (tertiary/aromatic N) is 3. The predicted octanol–water partition coefficient (Wildman–Crippen LogP) is 4.50. The number of carbonyl (C=O) groups excluding carboxylic acids is 1. The third kappa shape index (κ3) is 3.54. The Morgan fingerprint density at radius 3 is 2.66 bits per heavy atom. The number of fused-ring (bicyclic) bond motifs is 2. The van der Waals surface area contributed by atoms with Crippen LogP contribution in [0.1, 0.15) is 38.7 Å². The average molecular weight is 424 g/mol. The molecule has 160 valence electrons. The van der Waals surface area contributed by atoms with Crippen molar-refractivity contribution in [1.29, 1.82) is 0 Å². The van der Waals surface area contributed by atoms with Gasteiger partial charge in [-0.05, 0) is 65.9 Å². The lowest BCUT2D eigenvalue weighted by Crippen LogP contribution is -2.39. The van der Waals surface area contributed by atoms with Crippen molar-refractivity contribution in [2.45, 2.75) is 25.9 Å². The van der Waals surface area contributed by atoms with E-state index in [9.17, 15) is 4.79 Å². The molecule has 3 heterocycles. The van der Waals surface area contributed by atoms with Crippen molar-refractivity contribution in [2.24, 2.45) is 0 Å². The molecule has 1 aliphatic rings. The number of pyridine rings is 2. The van der Waals surface area contributed by atoms with Crippen LogP contribution < -0.4 is 11.1 Å². The molecule has 1 atom stereocenters. The number of aromatic nitrogens is 2. The average Bonchev–Trinajstić information content (AvgIpc) is 2.83. The minimum atomic E-state index is -0.0854. The predicted molar refractivity (Wildman–Crippen MR) is 127 cm³/mol. The van der Waals surface area contributed by atoms with E-state index in [2.05, 4.69) is 33.5 Å². The highest BCUT2D eigenvalue weighted by Gasteiger charge is 2.31. The van der Waals surface area contributed by atoms with Gasteiger partial charge in [0.25, 0.3) is 5.91 Å². The summed E-state index contributed by atoms with van der Waals surface area (Å²) in [6.45, 7) is 2.49. The molecule has 2 aromatic carbocycles. The zero-order chi connectivity index (χ0) is 22.2. The summed E-state index contributed by atoms with van der Waals surface area (Å²) in [6.07, 6.45) is 2.62. The number of anilines is 2. The third-order valence-corrected chi connectivity index (χ3v) is 6.23. The maximum Gasteiger partial charge on any atom is 0.254 e. The van der Waals surface area contributed by atoms with Gasteiger partial charge in [-0.1, -0.05) is 30.3 Å². The first kappa shape index (κ1) is 20.0. The van der Waals surface area contributed by atoms with Crippen LogP contribution in [-0.4, -0.2) is 27.8 Å². The maximum atomic E-state index is 13.8. The molecule has 1 amide bonds. The van der Waals surface area contributed by atoms with Gasteiger partial charge in [-0.25, -0.2) is 9.97 Å². The van der Waals surface area contributed by atoms with Gasteiger partial charge in [0.05, 0.1) is 11.6 Å². The summed E-state index contributed by atoms with van der Waals surface area (Å²) in [5.74, 6) is 1.32. The van der Waals surface area contributed by atoms with Crippen molar-refractivity contribution in [2.75, 3.05) is 18.1 Å². The van der Waals surface area contributed by atoms with Gasteiger partial charge in [0.2, 0.25) is 0 Å². The van der Waals surface area contributed by atoms with E-state index in [1.54, 1.807) is 0 Å². The fourth-order valence-electron chi connectivity index (χ4n) is 4.38. The Hall–Kier alpha value is -3.93. The van der Waals surface area contributed by atoms with Crippen LogP contribution in [0.3, 0.4) is 0 Å². The van der Waals surface area contributed by atoms with Gasteiger partial charge >= 0.3 is 0 Å². The number of nitrogens with one attached hydrogen (secondary N) is 1. The fraction of sp³-hybridized carbons (Fsp3) is 0.192. The van der Waals surface area contributed by atoms with Crippen LogP contribution in [0.15, 0.2) is 66.9 Å². The molecule has 0 spiro atoms. The van der Waals surface area contributed by atoms with E-state index < -0.39 is 0 Å². The third-order valence-electron chi connectivity index (χ3n) is 6.23. The van der Waals surface area contributed by atoms with E-state index in [-0.39, 0.29) is 11.9 Å². The van der Waals surface area contributed by atoms with E-state index in [1.165, 1.54) is 11.1 Å². The van der Waals surface area contributed by atoms with Gasteiger partial charge < -0.3 is 16.0 Å². The highest BCUT2D eigenvalue weighted by molar-refractivity contribution is 5.98. The van der Waals surface area contributed by atoms with E-state index in [1.807, 2.05) is 67.5 Å². The van der Waals surface area contributed by atoms with Crippen molar-refractivity contribution < 1.29 is 4.79 Å². The van der Waals surface area contributed by atoms with Crippen molar-refractivity contribution >= 4 is 28.4 Å². The molecule has 0 radical (unpaired) electrons. The molecule has 0 bridgehead atoms. The second-order valence-electron chi connectivity index (χ2n) is 8.25. The summed E-state index contributed by atoms with van der Waals surface area (Å²) in [7, 11) is 1.85. The molecule has 4 aromatic rings. The second kappa shape index (κ2) is 7.96. The van der Waals surface area contributed by atoms with Crippen molar-refractivity contribution in [3.63, 3.8) is 0 Å². The Bertz CT molecular complexity index is 1320. The molecule has 3 N–H and O–H groups in total. The zero-order valence-electron chi connectivity index (χ0n) is 18.2. The van der Waals surface area contributed by atoms with E-state index >= 15 is 0 Å². The van der Waals surface area contributed by atoms with Gasteiger partial charge in [-0.15, -0.1) is 0 Å². The number of amides is 1. The molecule has 0 saturated heterocycles. The molecule has 1 aliphatic heterocycles. The molecule has 2 aromatic heterocycles. The Balaban J connectivity index is 1.55. The van der Waals surface area contributed by atoms with Crippen LogP contribution in [0, 0.1) is 6.92 Å². The molecular weight excluding hydrogens is 398 g/mol. The number of nitrogens with two attached hydrogens (primary N) is 1. The largest absolute Gasteiger partial charge is 0.383 e. The molecule has 6 nitrogen and oxygen atoms in total. The maximum absolute atomic E-state index is 13.8. The summed E-state index contributed by atoms with van der Waals surface area (Å²) in [5, 5.41) is 3.97. The van der Waals surface area contributed by atoms with Crippen LogP contribution in [0.5, 0.6) is 0 Å². The Labute approximate surface area is 187 Å². The summed E-state index contributed by atoms with van der Waals surface area (Å²) >= 11 is 0. The summed E-state index contributed by atoms with van der Waals surface area (Å²) < 4.78 is 0. The molecule has 0 aliphatic carbocycles. The number of carbonyl (C=O) groups is 1. The number of hydrogen-bond donors (Lipinski definition) is 2. The summed E-state index contributed by atoms with van der Waals surface area (Å²) in [6, 6.07) is 19.9. The van der Waals surface area contributed by atoms with Crippen molar-refractivity contribution in [1.82, 2.24) is 14.9 Å². The molecule has 0 saturated carbocycles. The number of rotatable bonds is 3. The first-order valence-electron chi connectivity index (χ1n) is 10.7. The fourth-order valence-corrected chi connectivity index (χ4v) is 4.38. The molecule has 5 rings (SSSR count). The highest BCUT2D eigenvalue weighted by Crippen LogP contribution is 2.35. The normalized spacial score (nSPS) is 15.4. The Kier molecular flexibility index (Phi) is 4.98. The molecule has 32 heavy (non-hydrogen) atoms. The van der Waals surface area contributed by atoms with Crippen molar-refractivity contribution in [3.8, 4) is 0 Å². The second-order valence-corrected chi connectivity index (χ2v) is 8.25. The van der Waals surface area contributed by atoms with Gasteiger partial charge in [0.15, 0.2) is 0 Å². The summed E-state index contributed by atoms with van der Waals surface area (Å²) in [4.78, 5) is 24.6. The number of nitrogen functional groups attached to an aromatic ring is 1.